The van der Waals surface area contributed by atoms with Gasteiger partial charge in [-0.3, -0.25) is 4.99 Å². The molecule has 0 bridgehead atoms. The third-order valence-corrected chi connectivity index (χ3v) is 3.18. The van der Waals surface area contributed by atoms with Gasteiger partial charge < -0.3 is 5.11 Å². The molecule has 0 amide bonds. The van der Waals surface area contributed by atoms with Crippen LogP contribution in [0, 0.1) is 5.92 Å². The fraction of sp³-hybridized carbons (Fsp3) is 0.571. The summed E-state index contributed by atoms with van der Waals surface area (Å²) in [6.45, 7) is 0.881. The van der Waals surface area contributed by atoms with Crippen molar-refractivity contribution >= 4 is 18.0 Å². The average Bonchev–Trinajstić information content (AvgIpc) is 2.36. The fourth-order valence-electron chi connectivity index (χ4n) is 1.35. The molecule has 0 aromatic heterocycles. The number of aliphatic hydroxyl groups excluding tert-OH is 1. The van der Waals surface area contributed by atoms with Gasteiger partial charge in [0.15, 0.2) is 0 Å². The first-order valence-corrected chi connectivity index (χ1v) is 4.42. The Hall–Kier alpha value is -0.440. The summed E-state index contributed by atoms with van der Waals surface area (Å²) in [5.74, 6) is 2.08. The highest BCUT2D eigenvalue weighted by atomic mass is 32.2. The van der Waals surface area contributed by atoms with Crippen molar-refractivity contribution in [3.05, 3.63) is 10.7 Å². The van der Waals surface area contributed by atoms with E-state index < -0.39 is 0 Å². The zero-order valence-electron chi connectivity index (χ0n) is 5.58. The van der Waals surface area contributed by atoms with E-state index >= 15 is 0 Å². The maximum Gasteiger partial charge on any atom is 0.143 e. The number of allylic oxidation sites excluding steroid dienone is 1. The zero-order chi connectivity index (χ0) is 6.97. The topological polar surface area (TPSA) is 32.6 Å². The molecule has 1 saturated heterocycles. The van der Waals surface area contributed by atoms with Gasteiger partial charge in [-0.15, -0.1) is 11.8 Å². The molecule has 54 valence electrons. The van der Waals surface area contributed by atoms with E-state index in [-0.39, 0.29) is 0 Å². The largest absolute Gasteiger partial charge is 0.506 e. The van der Waals surface area contributed by atoms with Gasteiger partial charge in [-0.1, -0.05) is 0 Å². The summed E-state index contributed by atoms with van der Waals surface area (Å²) in [4.78, 5) is 5.22. The maximum atomic E-state index is 9.29. The Morgan fingerprint density at radius 3 is 3.40 bits per heavy atom. The first-order chi connectivity index (χ1) is 4.88. The lowest BCUT2D eigenvalue weighted by Crippen LogP contribution is -2.08. The van der Waals surface area contributed by atoms with Crippen molar-refractivity contribution in [1.82, 2.24) is 0 Å². The van der Waals surface area contributed by atoms with Gasteiger partial charge in [0.05, 0.1) is 6.21 Å². The predicted octanol–water partition coefficient (Wildman–Crippen LogP) is 1.59. The molecule has 2 nitrogen and oxygen atoms in total. The molecule has 2 aliphatic heterocycles. The molecule has 2 heterocycles. The Morgan fingerprint density at radius 2 is 2.60 bits per heavy atom. The van der Waals surface area contributed by atoms with E-state index in [1.54, 1.807) is 18.0 Å². The van der Waals surface area contributed by atoms with Gasteiger partial charge in [0, 0.05) is 17.4 Å². The second-order valence-corrected chi connectivity index (χ2v) is 3.71. The molecular weight excluding hydrogens is 146 g/mol. The van der Waals surface area contributed by atoms with Gasteiger partial charge in [0.1, 0.15) is 5.76 Å². The summed E-state index contributed by atoms with van der Waals surface area (Å²) in [5, 5.41) is 9.29. The van der Waals surface area contributed by atoms with Crippen molar-refractivity contribution in [3.63, 3.8) is 0 Å². The monoisotopic (exact) mass is 155 g/mol. The summed E-state index contributed by atoms with van der Waals surface area (Å²) in [7, 11) is 0. The van der Waals surface area contributed by atoms with Crippen LogP contribution >= 0.6 is 11.8 Å². The van der Waals surface area contributed by atoms with Crippen LogP contribution in [0.4, 0.5) is 0 Å². The Labute approximate surface area is 64.0 Å². The lowest BCUT2D eigenvalue weighted by atomic mass is 10.0. The molecule has 1 unspecified atom stereocenters. The van der Waals surface area contributed by atoms with Crippen molar-refractivity contribution in [1.29, 1.82) is 0 Å². The molecular formula is C7H9NOS. The number of hydrogen-bond acceptors (Lipinski definition) is 3. The first kappa shape index (κ1) is 6.28. The summed E-state index contributed by atoms with van der Waals surface area (Å²) in [5.41, 5.74) is 0. The second kappa shape index (κ2) is 2.31. The van der Waals surface area contributed by atoms with Crippen LogP contribution in [0.5, 0.6) is 0 Å². The van der Waals surface area contributed by atoms with Crippen molar-refractivity contribution in [2.75, 3.05) is 12.3 Å². The third kappa shape index (κ3) is 0.850. The molecule has 0 aromatic carbocycles. The Kier molecular flexibility index (Phi) is 1.45. The number of aliphatic hydroxyl groups is 1. The summed E-state index contributed by atoms with van der Waals surface area (Å²) < 4.78 is 0. The number of rotatable bonds is 0. The van der Waals surface area contributed by atoms with E-state index in [0.29, 0.717) is 11.7 Å². The molecule has 2 rings (SSSR count). The molecule has 10 heavy (non-hydrogen) atoms. The summed E-state index contributed by atoms with van der Waals surface area (Å²) >= 11 is 1.77. The highest BCUT2D eigenvalue weighted by Crippen LogP contribution is 2.38. The van der Waals surface area contributed by atoms with Crippen molar-refractivity contribution < 1.29 is 5.11 Å². The minimum atomic E-state index is 0.402. The normalized spacial score (nSPS) is 31.0. The van der Waals surface area contributed by atoms with E-state index in [0.717, 1.165) is 17.2 Å². The van der Waals surface area contributed by atoms with Crippen LogP contribution in [0.25, 0.3) is 0 Å². The van der Waals surface area contributed by atoms with Crippen LogP contribution in [0.2, 0.25) is 0 Å². The molecule has 1 fully saturated rings. The molecule has 0 aromatic rings. The van der Waals surface area contributed by atoms with Crippen molar-refractivity contribution in [2.45, 2.75) is 6.42 Å². The smallest absolute Gasteiger partial charge is 0.143 e. The number of fused-ring (bicyclic) bond motifs is 1. The van der Waals surface area contributed by atoms with Gasteiger partial charge in [-0.25, -0.2) is 0 Å². The van der Waals surface area contributed by atoms with Crippen molar-refractivity contribution in [2.24, 2.45) is 10.9 Å². The highest BCUT2D eigenvalue weighted by Gasteiger charge is 2.26. The molecule has 0 saturated carbocycles. The molecule has 2 aliphatic rings. The summed E-state index contributed by atoms with van der Waals surface area (Å²) in [6, 6.07) is 0. The second-order valence-electron chi connectivity index (χ2n) is 2.58. The fourth-order valence-corrected chi connectivity index (χ4v) is 2.60. The minimum Gasteiger partial charge on any atom is -0.506 e. The number of aliphatic imine (C=N–C) groups is 1. The number of dihydropyridines is 1. The highest BCUT2D eigenvalue weighted by molar-refractivity contribution is 8.03. The van der Waals surface area contributed by atoms with E-state index in [4.69, 9.17) is 0 Å². The van der Waals surface area contributed by atoms with Gasteiger partial charge in [0.25, 0.3) is 0 Å². The van der Waals surface area contributed by atoms with Crippen LogP contribution in [0.1, 0.15) is 6.42 Å². The lowest BCUT2D eigenvalue weighted by molar-refractivity contribution is 0.429. The zero-order valence-corrected chi connectivity index (χ0v) is 6.40. The Balaban J connectivity index is 2.32. The van der Waals surface area contributed by atoms with E-state index in [9.17, 15) is 5.11 Å². The van der Waals surface area contributed by atoms with E-state index in [1.165, 1.54) is 6.42 Å². The Morgan fingerprint density at radius 1 is 1.70 bits per heavy atom. The minimum absolute atomic E-state index is 0.402. The molecule has 1 N–H and O–H groups in total. The van der Waals surface area contributed by atoms with Gasteiger partial charge in [0.2, 0.25) is 0 Å². The van der Waals surface area contributed by atoms with Crippen molar-refractivity contribution in [3.8, 4) is 0 Å². The van der Waals surface area contributed by atoms with E-state index in [2.05, 4.69) is 4.99 Å². The maximum absolute atomic E-state index is 9.29. The Bertz CT molecular complexity index is 210. The van der Waals surface area contributed by atoms with Gasteiger partial charge >= 0.3 is 0 Å². The molecule has 1 atom stereocenters. The van der Waals surface area contributed by atoms with Crippen LogP contribution in [0.15, 0.2) is 15.7 Å². The van der Waals surface area contributed by atoms with Gasteiger partial charge in [-0.05, 0) is 12.2 Å². The quantitative estimate of drug-likeness (QED) is 0.576. The molecule has 3 heteroatoms. The number of thioether (sulfide) groups is 1. The number of hydrogen-bond donors (Lipinski definition) is 1. The van der Waals surface area contributed by atoms with E-state index in [1.807, 2.05) is 0 Å². The van der Waals surface area contributed by atoms with Crippen LogP contribution in [-0.2, 0) is 0 Å². The molecule has 0 radical (unpaired) electrons. The third-order valence-electron chi connectivity index (χ3n) is 1.89. The standard InChI is InChI=1S/C7H9NOS/c9-6-4-8-3-5-1-2-10-7(5)6/h4-5,9H,1-3H2. The average molecular weight is 155 g/mol. The SMILES string of the molecule is OC1=C2SCCC2CN=C1. The van der Waals surface area contributed by atoms with Gasteiger partial charge in [-0.2, -0.15) is 0 Å². The molecule has 0 aliphatic carbocycles. The summed E-state index contributed by atoms with van der Waals surface area (Å²) in [6.07, 6.45) is 2.76. The van der Waals surface area contributed by atoms with Crippen LogP contribution in [-0.4, -0.2) is 23.6 Å². The molecule has 0 spiro atoms. The van der Waals surface area contributed by atoms with Crippen LogP contribution < -0.4 is 0 Å². The van der Waals surface area contributed by atoms with Crippen LogP contribution in [0.3, 0.4) is 0 Å². The lowest BCUT2D eigenvalue weighted by Gasteiger charge is -2.12. The first-order valence-electron chi connectivity index (χ1n) is 3.43. The predicted molar refractivity (Wildman–Crippen MR) is 43.6 cm³/mol. The number of nitrogens with zero attached hydrogens (tertiary/aromatic N) is 1.